The molecule has 1 aromatic heterocycles. The van der Waals surface area contributed by atoms with Crippen LogP contribution in [0.2, 0.25) is 0 Å². The van der Waals surface area contributed by atoms with Crippen molar-refractivity contribution in [3.8, 4) is 0 Å². The second-order valence-corrected chi connectivity index (χ2v) is 3.50. The van der Waals surface area contributed by atoms with E-state index in [2.05, 4.69) is 18.1 Å². The van der Waals surface area contributed by atoms with Crippen molar-refractivity contribution in [2.75, 3.05) is 0 Å². The molecule has 1 aliphatic rings. The van der Waals surface area contributed by atoms with Crippen LogP contribution in [0.15, 0.2) is 35.0 Å². The highest BCUT2D eigenvalue weighted by Gasteiger charge is 2.23. The maximum atomic E-state index is 11.4. The number of H-pyrrole nitrogens is 1. The van der Waals surface area contributed by atoms with Gasteiger partial charge in [0, 0.05) is 12.3 Å². The van der Waals surface area contributed by atoms with Crippen molar-refractivity contribution in [2.45, 2.75) is 32.1 Å². The maximum absolute atomic E-state index is 11.4. The number of rotatable bonds is 1. The quantitative estimate of drug-likeness (QED) is 0.725. The Morgan fingerprint density at radius 1 is 1.44 bits per heavy atom. The predicted octanol–water partition coefficient (Wildman–Crippen LogP) is 1.04. The minimum Gasteiger partial charge on any atom is -0.355 e. The van der Waals surface area contributed by atoms with Crippen molar-refractivity contribution in [3.05, 3.63) is 46.3 Å². The third-order valence-corrected chi connectivity index (χ3v) is 2.37. The summed E-state index contributed by atoms with van der Waals surface area (Å²) in [6, 6.07) is 1.33. The van der Waals surface area contributed by atoms with E-state index in [4.69, 9.17) is 4.74 Å². The molecule has 1 fully saturated rings. The first kappa shape index (κ1) is 12.4. The van der Waals surface area contributed by atoms with Gasteiger partial charge in [0.25, 0.3) is 5.56 Å². The molecule has 0 aliphatic carbocycles. The smallest absolute Gasteiger partial charge is 0.330 e. The molecule has 1 N–H and O–H groups in total. The molecule has 0 amide bonds. The highest BCUT2D eigenvalue weighted by molar-refractivity contribution is 4.85. The summed E-state index contributed by atoms with van der Waals surface area (Å²) in [5.41, 5.74) is -0.783. The third kappa shape index (κ3) is 2.70. The van der Waals surface area contributed by atoms with Crippen LogP contribution in [0, 0.1) is 0 Å². The first-order valence-electron chi connectivity index (χ1n) is 5.14. The van der Waals surface area contributed by atoms with E-state index in [1.165, 1.54) is 16.8 Å². The summed E-state index contributed by atoms with van der Waals surface area (Å²) in [5.74, 6) is 0. The number of nitrogens with zero attached hydrogens (tertiary/aromatic N) is 1. The van der Waals surface area contributed by atoms with Crippen LogP contribution in [0.5, 0.6) is 0 Å². The Morgan fingerprint density at radius 2 is 2.12 bits per heavy atom. The molecule has 1 aromatic rings. The summed E-state index contributed by atoms with van der Waals surface area (Å²) in [7, 11) is 0. The van der Waals surface area contributed by atoms with Crippen LogP contribution in [0.3, 0.4) is 0 Å². The van der Waals surface area contributed by atoms with Gasteiger partial charge in [0.15, 0.2) is 0 Å². The average molecular weight is 224 g/mol. The fraction of sp³-hybridized carbons (Fsp3) is 0.455. The molecule has 0 saturated carbocycles. The molecule has 2 heterocycles. The molecule has 0 bridgehead atoms. The monoisotopic (exact) mass is 224 g/mol. The Labute approximate surface area is 93.4 Å². The summed E-state index contributed by atoms with van der Waals surface area (Å²) in [6.45, 7) is 7.97. The zero-order chi connectivity index (χ0) is 12.1. The lowest BCUT2D eigenvalue weighted by Crippen LogP contribution is -2.31. The predicted molar refractivity (Wildman–Crippen MR) is 61.4 cm³/mol. The van der Waals surface area contributed by atoms with E-state index in [1.807, 2.05) is 6.92 Å². The fourth-order valence-electron chi connectivity index (χ4n) is 1.64. The van der Waals surface area contributed by atoms with Gasteiger partial charge in [0.2, 0.25) is 0 Å². The van der Waals surface area contributed by atoms with Crippen LogP contribution in [-0.2, 0) is 4.74 Å². The van der Waals surface area contributed by atoms with Gasteiger partial charge < -0.3 is 4.74 Å². The highest BCUT2D eigenvalue weighted by atomic mass is 16.5. The van der Waals surface area contributed by atoms with Crippen LogP contribution in [0.25, 0.3) is 0 Å². The van der Waals surface area contributed by atoms with Crippen LogP contribution >= 0.6 is 0 Å². The van der Waals surface area contributed by atoms with E-state index >= 15 is 0 Å². The van der Waals surface area contributed by atoms with Crippen LogP contribution in [0.1, 0.15) is 26.0 Å². The van der Waals surface area contributed by atoms with Gasteiger partial charge in [-0.3, -0.25) is 14.3 Å². The third-order valence-electron chi connectivity index (χ3n) is 2.37. The van der Waals surface area contributed by atoms with Crippen molar-refractivity contribution in [1.29, 1.82) is 0 Å². The number of hydrogen-bond acceptors (Lipinski definition) is 3. The van der Waals surface area contributed by atoms with E-state index in [9.17, 15) is 9.59 Å². The fourth-order valence-corrected chi connectivity index (χ4v) is 1.64. The molecule has 2 rings (SSSR count). The lowest BCUT2D eigenvalue weighted by Gasteiger charge is -2.12. The van der Waals surface area contributed by atoms with Crippen molar-refractivity contribution in [3.63, 3.8) is 0 Å². The lowest BCUT2D eigenvalue weighted by molar-refractivity contribution is 0.00792. The molecule has 2 atom stereocenters. The number of aromatic nitrogens is 2. The molecule has 88 valence electrons. The Balaban J connectivity index is 0.000000606. The normalized spacial score (nSPS) is 23.6. The number of nitrogens with one attached hydrogen (secondary N) is 1. The summed E-state index contributed by atoms with van der Waals surface area (Å²) < 4.78 is 6.93. The Hall–Kier alpha value is -1.62. The van der Waals surface area contributed by atoms with Gasteiger partial charge >= 0.3 is 5.69 Å². The number of aromatic amines is 1. The molecule has 0 radical (unpaired) electrons. The molecule has 0 aromatic carbocycles. The second kappa shape index (κ2) is 5.46. The SMILES string of the molecule is C=C.CC1CCC(n2ccc(=O)[nH]c2=O)O1. The summed E-state index contributed by atoms with van der Waals surface area (Å²) in [6.07, 6.45) is 3.18. The first-order valence-corrected chi connectivity index (χ1v) is 5.14. The zero-order valence-electron chi connectivity index (χ0n) is 9.31. The lowest BCUT2D eigenvalue weighted by atomic mass is 10.2. The molecule has 0 spiro atoms. The Kier molecular flexibility index (Phi) is 4.25. The van der Waals surface area contributed by atoms with Gasteiger partial charge in [0.05, 0.1) is 6.10 Å². The van der Waals surface area contributed by atoms with Gasteiger partial charge in [-0.25, -0.2) is 4.79 Å². The van der Waals surface area contributed by atoms with Gasteiger partial charge in [-0.1, -0.05) is 0 Å². The van der Waals surface area contributed by atoms with E-state index < -0.39 is 5.69 Å². The van der Waals surface area contributed by atoms with Crippen molar-refractivity contribution < 1.29 is 4.74 Å². The number of hydrogen-bond donors (Lipinski definition) is 1. The van der Waals surface area contributed by atoms with Gasteiger partial charge in [0.1, 0.15) is 6.23 Å². The summed E-state index contributed by atoms with van der Waals surface area (Å²) in [4.78, 5) is 24.4. The van der Waals surface area contributed by atoms with Gasteiger partial charge in [-0.05, 0) is 19.8 Å². The van der Waals surface area contributed by atoms with E-state index in [-0.39, 0.29) is 17.9 Å². The van der Waals surface area contributed by atoms with E-state index in [0.717, 1.165) is 12.8 Å². The van der Waals surface area contributed by atoms with Crippen molar-refractivity contribution in [1.82, 2.24) is 9.55 Å². The molecule has 1 saturated heterocycles. The number of ether oxygens (including phenoxy) is 1. The standard InChI is InChI=1S/C9H12N2O3.C2H4/c1-6-2-3-8(14-6)11-5-4-7(12)10-9(11)13;1-2/h4-6,8H,2-3H2,1H3,(H,10,12,13);1-2H2. The largest absolute Gasteiger partial charge is 0.355 e. The average Bonchev–Trinajstić information content (AvgIpc) is 2.68. The molecular formula is C11H16N2O3. The minimum atomic E-state index is -0.406. The first-order chi connectivity index (χ1) is 7.66. The summed E-state index contributed by atoms with van der Waals surface area (Å²) >= 11 is 0. The second-order valence-electron chi connectivity index (χ2n) is 3.50. The molecular weight excluding hydrogens is 208 g/mol. The highest BCUT2D eigenvalue weighted by Crippen LogP contribution is 2.25. The van der Waals surface area contributed by atoms with Crippen molar-refractivity contribution in [2.24, 2.45) is 0 Å². The van der Waals surface area contributed by atoms with Crippen LogP contribution < -0.4 is 11.2 Å². The Morgan fingerprint density at radius 3 is 2.62 bits per heavy atom. The van der Waals surface area contributed by atoms with Crippen LogP contribution in [0.4, 0.5) is 0 Å². The van der Waals surface area contributed by atoms with Crippen LogP contribution in [-0.4, -0.2) is 15.7 Å². The molecule has 2 unspecified atom stereocenters. The van der Waals surface area contributed by atoms with E-state index in [0.29, 0.717) is 0 Å². The van der Waals surface area contributed by atoms with Gasteiger partial charge in [-0.2, -0.15) is 0 Å². The molecule has 16 heavy (non-hydrogen) atoms. The Bertz CT molecular complexity index is 449. The van der Waals surface area contributed by atoms with Gasteiger partial charge in [-0.15, -0.1) is 13.2 Å². The minimum absolute atomic E-state index is 0.179. The van der Waals surface area contributed by atoms with E-state index in [1.54, 1.807) is 0 Å². The van der Waals surface area contributed by atoms with Crippen molar-refractivity contribution >= 4 is 0 Å². The summed E-state index contributed by atoms with van der Waals surface area (Å²) in [5, 5.41) is 0. The zero-order valence-corrected chi connectivity index (χ0v) is 9.31. The molecule has 5 heteroatoms. The molecule has 1 aliphatic heterocycles. The molecule has 5 nitrogen and oxygen atoms in total. The topological polar surface area (TPSA) is 64.1 Å². The maximum Gasteiger partial charge on any atom is 0.330 e.